The van der Waals surface area contributed by atoms with Crippen LogP contribution in [0.5, 0.6) is 5.75 Å². The van der Waals surface area contributed by atoms with E-state index in [4.69, 9.17) is 0 Å². The Bertz CT molecular complexity index is 1330. The first-order chi connectivity index (χ1) is 15.7. The van der Waals surface area contributed by atoms with Gasteiger partial charge in [-0.05, 0) is 79.1 Å². The van der Waals surface area contributed by atoms with Crippen molar-refractivity contribution in [2.24, 2.45) is 5.41 Å². The van der Waals surface area contributed by atoms with Crippen LogP contribution in [0.15, 0.2) is 54.7 Å². The van der Waals surface area contributed by atoms with Crippen molar-refractivity contribution in [2.45, 2.75) is 50.2 Å². The molecule has 0 aliphatic heterocycles. The lowest BCUT2D eigenvalue weighted by atomic mass is 9.62. The molecular weight excluding hydrogens is 421 g/mol. The molecule has 6 nitrogen and oxygen atoms in total. The maximum atomic E-state index is 13.7. The molecule has 2 N–H and O–H groups in total. The Morgan fingerprint density at radius 1 is 1.24 bits per heavy atom. The first-order valence-corrected chi connectivity index (χ1v) is 11.2. The number of aliphatic hydroxyl groups is 1. The normalized spacial score (nSPS) is 29.9. The van der Waals surface area contributed by atoms with E-state index in [0.717, 1.165) is 22.3 Å². The average Bonchev–Trinajstić information content (AvgIpc) is 3.41. The summed E-state index contributed by atoms with van der Waals surface area (Å²) in [5.74, 6) is -0.529. The van der Waals surface area contributed by atoms with Crippen molar-refractivity contribution >= 4 is 5.78 Å². The number of phenols is 1. The summed E-state index contributed by atoms with van der Waals surface area (Å²) >= 11 is 0. The first-order valence-electron chi connectivity index (χ1n) is 11.2. The Morgan fingerprint density at radius 3 is 2.76 bits per heavy atom. The zero-order chi connectivity index (χ0) is 23.1. The topological polar surface area (TPSA) is 88.2 Å². The SMILES string of the molecule is C=C1C(=O)[C@]23C[C@@]1(O)CC[C@H]2c1ccc(O)c(C)c1[C@@H]3Cn1cc(-c2ccc(F)cc2)nn1. The average molecular weight is 445 g/mol. The number of nitrogens with zero attached hydrogens (tertiary/aromatic N) is 3. The van der Waals surface area contributed by atoms with E-state index in [0.29, 0.717) is 37.1 Å². The summed E-state index contributed by atoms with van der Waals surface area (Å²) < 4.78 is 15.0. The van der Waals surface area contributed by atoms with Gasteiger partial charge in [-0.15, -0.1) is 5.10 Å². The van der Waals surface area contributed by atoms with Crippen LogP contribution in [-0.4, -0.2) is 36.6 Å². The maximum Gasteiger partial charge on any atom is 0.168 e. The predicted molar refractivity (Wildman–Crippen MR) is 119 cm³/mol. The number of halogens is 1. The van der Waals surface area contributed by atoms with Gasteiger partial charge in [-0.2, -0.15) is 0 Å². The molecule has 1 heterocycles. The monoisotopic (exact) mass is 445 g/mol. The number of carbonyl (C=O) groups is 1. The van der Waals surface area contributed by atoms with Crippen LogP contribution in [0.3, 0.4) is 0 Å². The standard InChI is InChI=1S/C26H24FN3O3/c1-14-22(31)8-7-18-19-9-10-25(33)13-26(19,24(32)15(25)2)20(23(14)18)11-30-12-21(28-29-30)16-3-5-17(27)6-4-16/h3-8,12,19-20,31,33H,2,9-11,13H2,1H3/t19-,20-,25-,26+/m0/s1. The van der Waals surface area contributed by atoms with Gasteiger partial charge in [-0.1, -0.05) is 17.9 Å². The van der Waals surface area contributed by atoms with Crippen LogP contribution in [0.2, 0.25) is 0 Å². The highest BCUT2D eigenvalue weighted by Gasteiger charge is 2.69. The summed E-state index contributed by atoms with van der Waals surface area (Å²) in [5.41, 5.74) is 2.46. The van der Waals surface area contributed by atoms with Crippen LogP contribution >= 0.6 is 0 Å². The van der Waals surface area contributed by atoms with Gasteiger partial charge in [0.15, 0.2) is 5.78 Å². The van der Waals surface area contributed by atoms with Gasteiger partial charge in [-0.25, -0.2) is 4.39 Å². The number of hydrogen-bond donors (Lipinski definition) is 2. The molecule has 0 saturated heterocycles. The van der Waals surface area contributed by atoms with Gasteiger partial charge in [0.05, 0.1) is 23.8 Å². The van der Waals surface area contributed by atoms with E-state index in [9.17, 15) is 19.4 Å². The molecule has 1 aromatic heterocycles. The lowest BCUT2D eigenvalue weighted by Gasteiger charge is -2.41. The summed E-state index contributed by atoms with van der Waals surface area (Å²) in [7, 11) is 0. The van der Waals surface area contributed by atoms with Gasteiger partial charge in [0.1, 0.15) is 17.3 Å². The lowest BCUT2D eigenvalue weighted by Crippen LogP contribution is -2.41. The molecule has 4 atom stereocenters. The number of aromatic nitrogens is 3. The Hall–Kier alpha value is -3.32. The van der Waals surface area contributed by atoms with E-state index in [2.05, 4.69) is 16.9 Å². The van der Waals surface area contributed by atoms with E-state index in [-0.39, 0.29) is 29.2 Å². The summed E-state index contributed by atoms with van der Waals surface area (Å²) in [6.45, 7) is 6.23. The van der Waals surface area contributed by atoms with Gasteiger partial charge in [-0.3, -0.25) is 9.48 Å². The number of Topliss-reactive ketones (excluding diaryl/α,β-unsaturated/α-hetero) is 1. The second-order valence-electron chi connectivity index (χ2n) is 9.75. The second kappa shape index (κ2) is 6.60. The predicted octanol–water partition coefficient (Wildman–Crippen LogP) is 4.02. The molecule has 3 aliphatic rings. The molecule has 0 amide bonds. The Kier molecular flexibility index (Phi) is 4.06. The van der Waals surface area contributed by atoms with Crippen molar-refractivity contribution in [3.63, 3.8) is 0 Å². The smallest absolute Gasteiger partial charge is 0.168 e. The van der Waals surface area contributed by atoms with E-state index in [1.807, 2.05) is 13.0 Å². The van der Waals surface area contributed by atoms with E-state index < -0.39 is 11.0 Å². The van der Waals surface area contributed by atoms with Crippen LogP contribution in [0, 0.1) is 18.2 Å². The molecule has 2 bridgehead atoms. The molecule has 1 spiro atoms. The van der Waals surface area contributed by atoms with Gasteiger partial charge in [0, 0.05) is 17.1 Å². The van der Waals surface area contributed by atoms with Crippen molar-refractivity contribution in [1.29, 1.82) is 0 Å². The number of aromatic hydroxyl groups is 1. The molecule has 2 saturated carbocycles. The minimum atomic E-state index is -1.18. The number of benzene rings is 2. The highest BCUT2D eigenvalue weighted by Crippen LogP contribution is 2.70. The number of carbonyl (C=O) groups excluding carboxylic acids is 1. The van der Waals surface area contributed by atoms with Gasteiger partial charge >= 0.3 is 0 Å². The van der Waals surface area contributed by atoms with Crippen LogP contribution in [0.25, 0.3) is 11.3 Å². The zero-order valence-electron chi connectivity index (χ0n) is 18.3. The van der Waals surface area contributed by atoms with Gasteiger partial charge < -0.3 is 10.2 Å². The molecule has 33 heavy (non-hydrogen) atoms. The minimum absolute atomic E-state index is 0.0380. The lowest BCUT2D eigenvalue weighted by molar-refractivity contribution is -0.126. The quantitative estimate of drug-likeness (QED) is 0.595. The third-order valence-corrected chi connectivity index (χ3v) is 8.23. The van der Waals surface area contributed by atoms with Crippen molar-refractivity contribution in [3.05, 3.63) is 77.3 Å². The van der Waals surface area contributed by atoms with Crippen molar-refractivity contribution in [1.82, 2.24) is 15.0 Å². The van der Waals surface area contributed by atoms with Crippen molar-refractivity contribution in [3.8, 4) is 17.0 Å². The van der Waals surface area contributed by atoms with Crippen LogP contribution in [0.1, 0.15) is 47.8 Å². The highest BCUT2D eigenvalue weighted by molar-refractivity contribution is 6.06. The summed E-state index contributed by atoms with van der Waals surface area (Å²) in [4.78, 5) is 13.7. The molecule has 2 fully saturated rings. The third-order valence-electron chi connectivity index (χ3n) is 8.23. The highest BCUT2D eigenvalue weighted by atomic mass is 19.1. The fourth-order valence-electron chi connectivity index (χ4n) is 6.63. The number of rotatable bonds is 3. The fraction of sp³-hybridized carbons (Fsp3) is 0.346. The van der Waals surface area contributed by atoms with E-state index >= 15 is 0 Å². The molecule has 0 radical (unpaired) electrons. The molecule has 2 aromatic carbocycles. The summed E-state index contributed by atoms with van der Waals surface area (Å²) in [6.07, 6.45) is 3.32. The van der Waals surface area contributed by atoms with Gasteiger partial charge in [0.2, 0.25) is 0 Å². The maximum absolute atomic E-state index is 13.7. The third kappa shape index (κ3) is 2.60. The molecule has 0 unspecified atom stereocenters. The number of fused-ring (bicyclic) bond motifs is 3. The molecule has 3 aromatic rings. The summed E-state index contributed by atoms with van der Waals surface area (Å²) in [6, 6.07) is 9.68. The summed E-state index contributed by atoms with van der Waals surface area (Å²) in [5, 5.41) is 30.3. The van der Waals surface area contributed by atoms with Crippen LogP contribution in [-0.2, 0) is 11.3 Å². The zero-order valence-corrected chi connectivity index (χ0v) is 18.3. The molecule has 7 heteroatoms. The molecule has 6 rings (SSSR count). The second-order valence-corrected chi connectivity index (χ2v) is 9.75. The Labute approximate surface area is 190 Å². The Morgan fingerprint density at radius 2 is 2.00 bits per heavy atom. The van der Waals surface area contributed by atoms with Crippen molar-refractivity contribution in [2.75, 3.05) is 0 Å². The molecule has 168 valence electrons. The first kappa shape index (κ1) is 20.3. The minimum Gasteiger partial charge on any atom is -0.508 e. The number of ketones is 1. The van der Waals surface area contributed by atoms with Crippen LogP contribution in [0.4, 0.5) is 4.39 Å². The number of hydrogen-bond acceptors (Lipinski definition) is 5. The van der Waals surface area contributed by atoms with E-state index in [1.54, 1.807) is 29.1 Å². The van der Waals surface area contributed by atoms with Crippen LogP contribution < -0.4 is 0 Å². The molecule has 3 aliphatic carbocycles. The largest absolute Gasteiger partial charge is 0.508 e. The number of phenolic OH excluding ortho intramolecular Hbond substituents is 1. The molecular formula is C26H24FN3O3. The van der Waals surface area contributed by atoms with Gasteiger partial charge in [0.25, 0.3) is 0 Å². The Balaban J connectivity index is 1.46. The van der Waals surface area contributed by atoms with E-state index in [1.165, 1.54) is 12.1 Å². The fourth-order valence-corrected chi connectivity index (χ4v) is 6.63. The van der Waals surface area contributed by atoms with Crippen molar-refractivity contribution < 1.29 is 19.4 Å².